The van der Waals surface area contributed by atoms with Crippen molar-refractivity contribution in [3.05, 3.63) is 0 Å². The van der Waals surface area contributed by atoms with Gasteiger partial charge in [-0.3, -0.25) is 4.90 Å². The van der Waals surface area contributed by atoms with Crippen molar-refractivity contribution >= 4 is 9.84 Å². The Morgan fingerprint density at radius 2 is 1.77 bits per heavy atom. The van der Waals surface area contributed by atoms with Gasteiger partial charge in [0.15, 0.2) is 9.84 Å². The first-order chi connectivity index (χ1) is 6.08. The van der Waals surface area contributed by atoms with Gasteiger partial charge in [0.1, 0.15) is 0 Å². The summed E-state index contributed by atoms with van der Waals surface area (Å²) in [7, 11) is -2.85. The first kappa shape index (κ1) is 9.43. The Bertz CT molecular complexity index is 283. The molecular weight excluding hydrogens is 188 g/mol. The van der Waals surface area contributed by atoms with Gasteiger partial charge in [0.2, 0.25) is 0 Å². The highest BCUT2D eigenvalue weighted by molar-refractivity contribution is 7.91. The lowest BCUT2D eigenvalue weighted by atomic mass is 10.1. The minimum absolute atomic E-state index is 0.0903. The van der Waals surface area contributed by atoms with Gasteiger partial charge < -0.3 is 5.73 Å². The Balaban J connectivity index is 2.08. The van der Waals surface area contributed by atoms with Crippen LogP contribution in [0.5, 0.6) is 0 Å². The van der Waals surface area contributed by atoms with E-state index in [1.54, 1.807) is 0 Å². The lowest BCUT2D eigenvalue weighted by Crippen LogP contribution is -2.45. The molecule has 0 unspecified atom stereocenters. The van der Waals surface area contributed by atoms with Crippen molar-refractivity contribution in [3.8, 4) is 0 Å². The second kappa shape index (κ2) is 3.22. The molecule has 0 aliphatic carbocycles. The molecule has 0 aromatic rings. The molecule has 2 heterocycles. The number of nitrogens with two attached hydrogens (primary N) is 1. The number of rotatable bonds is 1. The molecule has 2 rings (SSSR count). The third-order valence-corrected chi connectivity index (χ3v) is 4.72. The van der Waals surface area contributed by atoms with Crippen LogP contribution in [-0.2, 0) is 9.84 Å². The normalized spacial score (nSPS) is 39.8. The topological polar surface area (TPSA) is 63.4 Å². The number of hydrogen-bond acceptors (Lipinski definition) is 4. The fourth-order valence-electron chi connectivity index (χ4n) is 2.31. The molecule has 0 bridgehead atoms. The quantitative estimate of drug-likeness (QED) is 0.608. The average Bonchev–Trinajstić information content (AvgIpc) is 2.56. The van der Waals surface area contributed by atoms with Crippen molar-refractivity contribution in [1.29, 1.82) is 0 Å². The Kier molecular flexibility index (Phi) is 2.33. The molecule has 2 aliphatic heterocycles. The Morgan fingerprint density at radius 1 is 1.15 bits per heavy atom. The molecule has 76 valence electrons. The fraction of sp³-hybridized carbons (Fsp3) is 1.00. The molecule has 0 saturated carbocycles. The minimum atomic E-state index is -2.85. The molecule has 2 N–H and O–H groups in total. The molecular formula is C8H16N2O2S. The van der Waals surface area contributed by atoms with Gasteiger partial charge in [0, 0.05) is 12.1 Å². The SMILES string of the molecule is N[C@@H]1CS(=O)(=O)C[C@H]1N1CCCC1. The van der Waals surface area contributed by atoms with E-state index in [1.807, 2.05) is 0 Å². The van der Waals surface area contributed by atoms with E-state index in [0.717, 1.165) is 13.1 Å². The lowest BCUT2D eigenvalue weighted by molar-refractivity contribution is 0.245. The van der Waals surface area contributed by atoms with Crippen LogP contribution in [0.15, 0.2) is 0 Å². The maximum Gasteiger partial charge on any atom is 0.153 e. The van der Waals surface area contributed by atoms with E-state index in [1.165, 1.54) is 12.8 Å². The third-order valence-electron chi connectivity index (χ3n) is 2.97. The lowest BCUT2D eigenvalue weighted by Gasteiger charge is -2.25. The second-order valence-electron chi connectivity index (χ2n) is 4.05. The molecule has 0 spiro atoms. The van der Waals surface area contributed by atoms with E-state index in [2.05, 4.69) is 4.90 Å². The zero-order valence-corrected chi connectivity index (χ0v) is 8.46. The molecule has 0 radical (unpaired) electrons. The van der Waals surface area contributed by atoms with Crippen molar-refractivity contribution in [1.82, 2.24) is 4.90 Å². The standard InChI is InChI=1S/C8H16N2O2S/c9-7-5-13(11,12)6-8(7)10-3-1-2-4-10/h7-8H,1-6,9H2/t7-,8-/m1/s1. The van der Waals surface area contributed by atoms with Crippen LogP contribution in [0.25, 0.3) is 0 Å². The first-order valence-electron chi connectivity index (χ1n) is 4.78. The summed E-state index contributed by atoms with van der Waals surface area (Å²) in [5.41, 5.74) is 5.81. The van der Waals surface area contributed by atoms with Gasteiger partial charge in [0.25, 0.3) is 0 Å². The van der Waals surface area contributed by atoms with Gasteiger partial charge in [-0.25, -0.2) is 8.42 Å². The Labute approximate surface area is 79.0 Å². The molecule has 5 heteroatoms. The molecule has 2 atom stereocenters. The van der Waals surface area contributed by atoms with Crippen molar-refractivity contribution in [2.75, 3.05) is 24.6 Å². The largest absolute Gasteiger partial charge is 0.325 e. The molecule has 13 heavy (non-hydrogen) atoms. The zero-order chi connectivity index (χ0) is 9.47. The van der Waals surface area contributed by atoms with Gasteiger partial charge in [0.05, 0.1) is 11.5 Å². The monoisotopic (exact) mass is 204 g/mol. The van der Waals surface area contributed by atoms with E-state index in [0.29, 0.717) is 0 Å². The van der Waals surface area contributed by atoms with Crippen LogP contribution in [0.2, 0.25) is 0 Å². The highest BCUT2D eigenvalue weighted by atomic mass is 32.2. The molecule has 0 amide bonds. The molecule has 2 saturated heterocycles. The average molecular weight is 204 g/mol. The molecule has 0 aromatic carbocycles. The summed E-state index contributed by atoms with van der Waals surface area (Å²) < 4.78 is 22.6. The predicted molar refractivity (Wildman–Crippen MR) is 51.2 cm³/mol. The van der Waals surface area contributed by atoms with Crippen LogP contribution in [0.1, 0.15) is 12.8 Å². The molecule has 2 aliphatic rings. The smallest absolute Gasteiger partial charge is 0.153 e. The summed E-state index contributed by atoms with van der Waals surface area (Å²) in [6.45, 7) is 2.04. The van der Waals surface area contributed by atoms with E-state index in [4.69, 9.17) is 5.73 Å². The third kappa shape index (κ3) is 1.87. The number of sulfone groups is 1. The first-order valence-corrected chi connectivity index (χ1v) is 6.61. The summed E-state index contributed by atoms with van der Waals surface area (Å²) in [4.78, 5) is 2.23. The van der Waals surface area contributed by atoms with Crippen LogP contribution in [0.3, 0.4) is 0 Å². The van der Waals surface area contributed by atoms with Gasteiger partial charge in [-0.2, -0.15) is 0 Å². The van der Waals surface area contributed by atoms with Crippen molar-refractivity contribution in [3.63, 3.8) is 0 Å². The molecule has 0 aromatic heterocycles. The maximum atomic E-state index is 11.3. The highest BCUT2D eigenvalue weighted by Crippen LogP contribution is 2.21. The van der Waals surface area contributed by atoms with Crippen LogP contribution < -0.4 is 5.73 Å². The van der Waals surface area contributed by atoms with Crippen LogP contribution in [0.4, 0.5) is 0 Å². The molecule has 4 nitrogen and oxygen atoms in total. The van der Waals surface area contributed by atoms with E-state index >= 15 is 0 Å². The van der Waals surface area contributed by atoms with Crippen LogP contribution in [-0.4, -0.2) is 50.0 Å². The number of nitrogens with zero attached hydrogens (tertiary/aromatic N) is 1. The van der Waals surface area contributed by atoms with Crippen LogP contribution in [0, 0.1) is 0 Å². The zero-order valence-electron chi connectivity index (χ0n) is 7.65. The summed E-state index contributed by atoms with van der Waals surface area (Å²) in [5.74, 6) is 0.447. The van der Waals surface area contributed by atoms with Crippen molar-refractivity contribution in [2.45, 2.75) is 24.9 Å². The number of hydrogen-bond donors (Lipinski definition) is 1. The van der Waals surface area contributed by atoms with E-state index < -0.39 is 9.84 Å². The van der Waals surface area contributed by atoms with Crippen molar-refractivity contribution in [2.24, 2.45) is 5.73 Å². The summed E-state index contributed by atoms with van der Waals surface area (Å²) in [6.07, 6.45) is 2.37. The summed E-state index contributed by atoms with van der Waals surface area (Å²) in [5, 5.41) is 0. The fourth-order valence-corrected chi connectivity index (χ4v) is 4.23. The minimum Gasteiger partial charge on any atom is -0.325 e. The van der Waals surface area contributed by atoms with E-state index in [9.17, 15) is 8.42 Å². The number of likely N-dealkylation sites (tertiary alicyclic amines) is 1. The Morgan fingerprint density at radius 3 is 2.23 bits per heavy atom. The van der Waals surface area contributed by atoms with E-state index in [-0.39, 0.29) is 23.6 Å². The van der Waals surface area contributed by atoms with Gasteiger partial charge in [-0.15, -0.1) is 0 Å². The van der Waals surface area contributed by atoms with Crippen molar-refractivity contribution < 1.29 is 8.42 Å². The summed E-state index contributed by atoms with van der Waals surface area (Å²) in [6, 6.07) is -0.0735. The van der Waals surface area contributed by atoms with Crippen LogP contribution >= 0.6 is 0 Å². The van der Waals surface area contributed by atoms with Gasteiger partial charge in [-0.1, -0.05) is 0 Å². The Hall–Kier alpha value is -0.130. The summed E-state index contributed by atoms with van der Waals surface area (Å²) >= 11 is 0. The highest BCUT2D eigenvalue weighted by Gasteiger charge is 2.39. The maximum absolute atomic E-state index is 11.3. The second-order valence-corrected chi connectivity index (χ2v) is 6.20. The van der Waals surface area contributed by atoms with Gasteiger partial charge >= 0.3 is 0 Å². The predicted octanol–water partition coefficient (Wildman–Crippen LogP) is -0.793. The van der Waals surface area contributed by atoms with Gasteiger partial charge in [-0.05, 0) is 25.9 Å². The molecule has 2 fully saturated rings.